The third-order valence-electron chi connectivity index (χ3n) is 7.22. The molecule has 0 spiro atoms. The van der Waals surface area contributed by atoms with Gasteiger partial charge in [0.15, 0.2) is 17.3 Å². The monoisotopic (exact) mass is 566 g/mol. The van der Waals surface area contributed by atoms with Crippen molar-refractivity contribution in [2.45, 2.75) is 13.1 Å². The van der Waals surface area contributed by atoms with Crippen LogP contribution in [0, 0.1) is 0 Å². The molecule has 0 radical (unpaired) electrons. The van der Waals surface area contributed by atoms with Crippen LogP contribution in [0.2, 0.25) is 0 Å². The molecule has 1 unspecified atom stereocenters. The van der Waals surface area contributed by atoms with Gasteiger partial charge in [0, 0.05) is 16.7 Å². The first-order valence-electron chi connectivity index (χ1n) is 13.9. The minimum atomic E-state index is -0.419. The van der Waals surface area contributed by atoms with Gasteiger partial charge in [-0.3, -0.25) is 0 Å². The second kappa shape index (κ2) is 12.0. The Morgan fingerprint density at radius 3 is 2.09 bits per heavy atom. The lowest BCUT2D eigenvalue weighted by atomic mass is 9.97. The second-order valence-electron chi connectivity index (χ2n) is 9.94. The highest BCUT2D eigenvalue weighted by Crippen LogP contribution is 2.51. The number of aliphatic imine (C=N–C) groups is 2. The van der Waals surface area contributed by atoms with E-state index in [0.717, 1.165) is 28.1 Å². The minimum Gasteiger partial charge on any atom is -0.465 e. The molecule has 43 heavy (non-hydrogen) atoms. The highest BCUT2D eigenvalue weighted by Gasteiger charge is 2.31. The van der Waals surface area contributed by atoms with E-state index in [0.29, 0.717) is 34.3 Å². The van der Waals surface area contributed by atoms with E-state index in [1.807, 2.05) is 128 Å². The number of methoxy groups -OCH3 is 1. The van der Waals surface area contributed by atoms with Gasteiger partial charge in [-0.15, -0.1) is 0 Å². The van der Waals surface area contributed by atoms with Crippen LogP contribution >= 0.6 is 0 Å². The van der Waals surface area contributed by atoms with Crippen LogP contribution in [0.15, 0.2) is 137 Å². The van der Waals surface area contributed by atoms with Crippen LogP contribution in [0.4, 0.5) is 11.4 Å². The number of anilines is 2. The van der Waals surface area contributed by atoms with Crippen LogP contribution in [0.3, 0.4) is 0 Å². The summed E-state index contributed by atoms with van der Waals surface area (Å²) in [5, 5.41) is 0. The average Bonchev–Trinajstić information content (AvgIpc) is 3.07. The van der Waals surface area contributed by atoms with Crippen molar-refractivity contribution in [3.63, 3.8) is 0 Å². The van der Waals surface area contributed by atoms with Gasteiger partial charge in [0.2, 0.25) is 0 Å². The van der Waals surface area contributed by atoms with Crippen molar-refractivity contribution in [2.24, 2.45) is 15.7 Å². The van der Waals surface area contributed by atoms with Crippen molar-refractivity contribution in [1.82, 2.24) is 0 Å². The molecule has 0 saturated heterocycles. The van der Waals surface area contributed by atoms with E-state index in [1.54, 1.807) is 6.07 Å². The Morgan fingerprint density at radius 1 is 0.744 bits per heavy atom. The van der Waals surface area contributed by atoms with Gasteiger partial charge >= 0.3 is 5.97 Å². The van der Waals surface area contributed by atoms with Crippen LogP contribution < -0.4 is 15.4 Å². The van der Waals surface area contributed by atoms with Gasteiger partial charge in [0.1, 0.15) is 12.0 Å². The number of hydrogen-bond donors (Lipinski definition) is 1. The number of benzene rings is 5. The van der Waals surface area contributed by atoms with E-state index in [2.05, 4.69) is 4.90 Å². The molecule has 2 N–H and O–H groups in total. The van der Waals surface area contributed by atoms with E-state index in [4.69, 9.17) is 25.2 Å². The Balaban J connectivity index is 1.50. The Bertz CT molecular complexity index is 1830. The van der Waals surface area contributed by atoms with Crippen LogP contribution in [0.25, 0.3) is 11.1 Å². The molecule has 5 aromatic carbocycles. The van der Waals surface area contributed by atoms with Crippen molar-refractivity contribution in [1.29, 1.82) is 0 Å². The molecule has 5 aromatic rings. The molecule has 0 bridgehead atoms. The largest absolute Gasteiger partial charge is 0.465 e. The first-order valence-corrected chi connectivity index (χ1v) is 13.9. The second-order valence-corrected chi connectivity index (χ2v) is 9.94. The average molecular weight is 567 g/mol. The highest BCUT2D eigenvalue weighted by atomic mass is 16.5. The van der Waals surface area contributed by atoms with Gasteiger partial charge in [-0.25, -0.2) is 14.8 Å². The number of carbonyl (C=O) groups is 1. The first-order chi connectivity index (χ1) is 21.0. The molecule has 6 rings (SSSR count). The third kappa shape index (κ3) is 5.48. The molecular weight excluding hydrogens is 536 g/mol. The molecule has 212 valence electrons. The number of amidine groups is 2. The number of esters is 1. The number of rotatable bonds is 6. The summed E-state index contributed by atoms with van der Waals surface area (Å²) in [6.07, 6.45) is -0.419. The number of nitrogens with two attached hydrogens (primary N) is 1. The summed E-state index contributed by atoms with van der Waals surface area (Å²) in [7, 11) is 1.38. The van der Waals surface area contributed by atoms with Gasteiger partial charge in [0.25, 0.3) is 0 Å². The fraction of sp³-hybridized carbons (Fsp3) is 0.0833. The van der Waals surface area contributed by atoms with Crippen molar-refractivity contribution in [2.75, 3.05) is 12.0 Å². The van der Waals surface area contributed by atoms with Crippen LogP contribution in [0.5, 0.6) is 11.5 Å². The molecule has 0 fully saturated rings. The number of nitrogens with zero attached hydrogens (tertiary/aromatic N) is 3. The predicted molar refractivity (Wildman–Crippen MR) is 171 cm³/mol. The van der Waals surface area contributed by atoms with Crippen molar-refractivity contribution in [3.8, 4) is 22.6 Å². The molecule has 0 amide bonds. The lowest BCUT2D eigenvalue weighted by Crippen LogP contribution is -2.30. The summed E-state index contributed by atoms with van der Waals surface area (Å²) < 4.78 is 11.6. The van der Waals surface area contributed by atoms with E-state index in [9.17, 15) is 4.79 Å². The molecule has 1 atom stereocenters. The lowest BCUT2D eigenvalue weighted by Gasteiger charge is -2.36. The molecule has 0 saturated carbocycles. The SMILES string of the molecule is COC(=O)c1ccccc1-c1cccc2c1Oc1ccccc1N2C(C)N=C(N=C(N)c1ccccc1)c1ccccc1. The van der Waals surface area contributed by atoms with Gasteiger partial charge in [-0.05, 0) is 36.8 Å². The normalized spacial score (nSPS) is 13.4. The summed E-state index contributed by atoms with van der Waals surface area (Å²) in [5.74, 6) is 1.76. The van der Waals surface area contributed by atoms with Crippen LogP contribution in [0.1, 0.15) is 28.4 Å². The predicted octanol–water partition coefficient (Wildman–Crippen LogP) is 7.58. The smallest absolute Gasteiger partial charge is 0.338 e. The molecule has 7 nitrogen and oxygen atoms in total. The summed E-state index contributed by atoms with van der Waals surface area (Å²) >= 11 is 0. The minimum absolute atomic E-state index is 0.375. The molecule has 1 aliphatic rings. The summed E-state index contributed by atoms with van der Waals surface area (Å²) in [6, 6.07) is 40.5. The van der Waals surface area contributed by atoms with Gasteiger partial charge in [-0.2, -0.15) is 0 Å². The molecular formula is C36H30N4O3. The molecule has 0 aliphatic carbocycles. The zero-order valence-electron chi connectivity index (χ0n) is 23.8. The number of fused-ring (bicyclic) bond motifs is 2. The number of carbonyl (C=O) groups excluding carboxylic acids is 1. The first kappa shape index (κ1) is 27.5. The van der Waals surface area contributed by atoms with Crippen molar-refractivity contribution < 1.29 is 14.3 Å². The Hall–Kier alpha value is -5.69. The zero-order chi connectivity index (χ0) is 29.8. The fourth-order valence-electron chi connectivity index (χ4n) is 5.20. The fourth-order valence-corrected chi connectivity index (χ4v) is 5.20. The van der Waals surface area contributed by atoms with E-state index in [1.165, 1.54) is 7.11 Å². The number of para-hydroxylation sites is 3. The maximum absolute atomic E-state index is 12.7. The standard InChI is InChI=1S/C36H30N4O3/c1-24(38-35(26-16-7-4-8-17-26)39-34(37)25-14-5-3-6-15-25)40-30-21-11-12-23-32(30)43-33-28(20-13-22-31(33)40)27-18-9-10-19-29(27)36(41)42-2/h3-24H,1-2H3,(H2,37,38,39). The van der Waals surface area contributed by atoms with Gasteiger partial charge in [0.05, 0.1) is 24.0 Å². The topological polar surface area (TPSA) is 89.5 Å². The lowest BCUT2D eigenvalue weighted by molar-refractivity contribution is 0.0601. The van der Waals surface area contributed by atoms with Crippen molar-refractivity contribution in [3.05, 3.63) is 144 Å². The van der Waals surface area contributed by atoms with E-state index >= 15 is 0 Å². The van der Waals surface area contributed by atoms with Gasteiger partial charge in [-0.1, -0.05) is 103 Å². The Morgan fingerprint density at radius 2 is 1.35 bits per heavy atom. The van der Waals surface area contributed by atoms with E-state index in [-0.39, 0.29) is 0 Å². The number of ether oxygens (including phenoxy) is 2. The maximum atomic E-state index is 12.7. The summed E-state index contributed by atoms with van der Waals surface area (Å²) in [4.78, 5) is 24.7. The molecule has 7 heteroatoms. The summed E-state index contributed by atoms with van der Waals surface area (Å²) in [5.41, 5.74) is 11.7. The maximum Gasteiger partial charge on any atom is 0.338 e. The molecule has 1 heterocycles. The van der Waals surface area contributed by atoms with E-state index < -0.39 is 12.1 Å². The molecule has 0 aromatic heterocycles. The Labute approximate surface area is 250 Å². The quantitative estimate of drug-likeness (QED) is 0.130. The zero-order valence-corrected chi connectivity index (χ0v) is 23.8. The third-order valence-corrected chi connectivity index (χ3v) is 7.22. The van der Waals surface area contributed by atoms with Gasteiger partial charge < -0.3 is 20.1 Å². The summed E-state index contributed by atoms with van der Waals surface area (Å²) in [6.45, 7) is 2.01. The highest BCUT2D eigenvalue weighted by molar-refractivity contribution is 6.11. The van der Waals surface area contributed by atoms with Crippen LogP contribution in [-0.4, -0.2) is 30.9 Å². The molecule has 1 aliphatic heterocycles. The Kier molecular flexibility index (Phi) is 7.70. The number of hydrogen-bond acceptors (Lipinski definition) is 5. The van der Waals surface area contributed by atoms with Crippen LogP contribution in [-0.2, 0) is 4.74 Å². The van der Waals surface area contributed by atoms with Crippen molar-refractivity contribution >= 4 is 29.0 Å².